The molecule has 0 fully saturated rings. The molecule has 1 unspecified atom stereocenters. The summed E-state index contributed by atoms with van der Waals surface area (Å²) in [6, 6.07) is 15.8. The van der Waals surface area contributed by atoms with E-state index in [1.807, 2.05) is 31.2 Å². The Morgan fingerprint density at radius 2 is 1.75 bits per heavy atom. The van der Waals surface area contributed by atoms with Gasteiger partial charge < -0.3 is 10.1 Å². The van der Waals surface area contributed by atoms with Crippen LogP contribution in [0.1, 0.15) is 37.8 Å². The summed E-state index contributed by atoms with van der Waals surface area (Å²) in [5.74, 6) is 0.681. The molecule has 0 spiro atoms. The van der Waals surface area contributed by atoms with Crippen LogP contribution in [0.3, 0.4) is 0 Å². The molecule has 1 atom stereocenters. The van der Waals surface area contributed by atoms with Crippen LogP contribution in [0.2, 0.25) is 0 Å². The summed E-state index contributed by atoms with van der Waals surface area (Å²) in [5, 5.41) is 3.02. The van der Waals surface area contributed by atoms with Gasteiger partial charge in [-0.2, -0.15) is 0 Å². The van der Waals surface area contributed by atoms with Crippen molar-refractivity contribution >= 4 is 15.9 Å². The average Bonchev–Trinajstić information content (AvgIpc) is 2.72. The maximum atomic E-state index is 12.5. The largest absolute Gasteiger partial charge is 0.497 e. The number of hydrogen-bond acceptors (Lipinski definition) is 4. The summed E-state index contributed by atoms with van der Waals surface area (Å²) in [7, 11) is -0.376. The van der Waals surface area contributed by atoms with E-state index >= 15 is 0 Å². The summed E-state index contributed by atoms with van der Waals surface area (Å²) < 4.78 is 31.4. The van der Waals surface area contributed by atoms with E-state index < -0.39 is 10.0 Å². The number of rotatable bonds is 10. The molecule has 28 heavy (non-hydrogen) atoms. The highest BCUT2D eigenvalue weighted by Crippen LogP contribution is 2.20. The summed E-state index contributed by atoms with van der Waals surface area (Å²) in [6.45, 7) is 2.29. The van der Waals surface area contributed by atoms with Crippen LogP contribution in [0, 0.1) is 0 Å². The fraction of sp³-hybridized carbons (Fsp3) is 0.381. The zero-order chi connectivity index (χ0) is 20.6. The molecule has 0 saturated heterocycles. The lowest BCUT2D eigenvalue weighted by Gasteiger charge is -2.19. The molecule has 6 nitrogen and oxygen atoms in total. The number of amides is 1. The maximum absolute atomic E-state index is 12.5. The van der Waals surface area contributed by atoms with E-state index in [1.165, 1.54) is 11.4 Å². The number of carbonyl (C=O) groups is 1. The number of hydrogen-bond donors (Lipinski definition) is 1. The van der Waals surface area contributed by atoms with Crippen molar-refractivity contribution in [3.8, 4) is 5.75 Å². The fourth-order valence-corrected chi connectivity index (χ4v) is 4.11. The standard InChI is InChI=1S/C21H28N2O4S/c1-4-20(17-12-14-18(27-3)15-13-17)22-21(24)11-8-16-23(2)28(25,26)19-9-6-5-7-10-19/h5-7,9-10,12-15,20H,4,8,11,16H2,1-3H3,(H,22,24). The van der Waals surface area contributed by atoms with Crippen molar-refractivity contribution in [3.05, 3.63) is 60.2 Å². The molecule has 0 aliphatic heterocycles. The molecule has 0 aromatic heterocycles. The van der Waals surface area contributed by atoms with Crippen LogP contribution in [0.5, 0.6) is 5.75 Å². The minimum absolute atomic E-state index is 0.0795. The lowest BCUT2D eigenvalue weighted by Crippen LogP contribution is -2.31. The molecular weight excluding hydrogens is 376 g/mol. The van der Waals surface area contributed by atoms with Crippen LogP contribution in [0.4, 0.5) is 0 Å². The minimum atomic E-state index is -3.52. The molecule has 152 valence electrons. The van der Waals surface area contributed by atoms with Crippen LogP contribution in [-0.4, -0.2) is 39.3 Å². The van der Waals surface area contributed by atoms with Crippen LogP contribution >= 0.6 is 0 Å². The number of carbonyl (C=O) groups excluding carboxylic acids is 1. The van der Waals surface area contributed by atoms with Crippen molar-refractivity contribution in [2.75, 3.05) is 20.7 Å². The predicted molar refractivity (Wildman–Crippen MR) is 110 cm³/mol. The number of benzene rings is 2. The molecule has 2 aromatic carbocycles. The molecular formula is C21H28N2O4S. The van der Waals surface area contributed by atoms with E-state index in [9.17, 15) is 13.2 Å². The van der Waals surface area contributed by atoms with Crippen molar-refractivity contribution in [1.29, 1.82) is 0 Å². The number of sulfonamides is 1. The second kappa shape index (κ2) is 10.2. The second-order valence-electron chi connectivity index (χ2n) is 6.54. The normalized spacial score (nSPS) is 12.6. The first-order valence-electron chi connectivity index (χ1n) is 9.33. The van der Waals surface area contributed by atoms with E-state index in [-0.39, 0.29) is 29.8 Å². The lowest BCUT2D eigenvalue weighted by molar-refractivity contribution is -0.122. The van der Waals surface area contributed by atoms with Crippen LogP contribution in [-0.2, 0) is 14.8 Å². The van der Waals surface area contributed by atoms with E-state index in [4.69, 9.17) is 4.74 Å². The molecule has 0 radical (unpaired) electrons. The molecule has 2 rings (SSSR count). The third-order valence-electron chi connectivity index (χ3n) is 4.59. The van der Waals surface area contributed by atoms with Crippen LogP contribution in [0.25, 0.3) is 0 Å². The first-order chi connectivity index (χ1) is 13.4. The third-order valence-corrected chi connectivity index (χ3v) is 6.46. The number of methoxy groups -OCH3 is 1. The first-order valence-corrected chi connectivity index (χ1v) is 10.8. The van der Waals surface area contributed by atoms with E-state index in [2.05, 4.69) is 5.32 Å². The Morgan fingerprint density at radius 3 is 2.32 bits per heavy atom. The van der Waals surface area contributed by atoms with E-state index in [0.717, 1.165) is 17.7 Å². The van der Waals surface area contributed by atoms with Crippen molar-refractivity contribution in [1.82, 2.24) is 9.62 Å². The van der Waals surface area contributed by atoms with Gasteiger partial charge in [0.05, 0.1) is 18.0 Å². The molecule has 1 N–H and O–H groups in total. The highest BCUT2D eigenvalue weighted by Gasteiger charge is 2.20. The quantitative estimate of drug-likeness (QED) is 0.659. The van der Waals surface area contributed by atoms with Crippen molar-refractivity contribution in [2.24, 2.45) is 0 Å². The molecule has 0 heterocycles. The van der Waals surface area contributed by atoms with E-state index in [0.29, 0.717) is 6.42 Å². The minimum Gasteiger partial charge on any atom is -0.497 e. The Kier molecular flexibility index (Phi) is 8.02. The molecule has 2 aromatic rings. The van der Waals surface area contributed by atoms with Gasteiger partial charge in [-0.15, -0.1) is 0 Å². The van der Waals surface area contributed by atoms with Gasteiger partial charge in [-0.1, -0.05) is 37.3 Å². The van der Waals surface area contributed by atoms with Gasteiger partial charge in [0.1, 0.15) is 5.75 Å². The Morgan fingerprint density at radius 1 is 1.11 bits per heavy atom. The monoisotopic (exact) mass is 404 g/mol. The Hall–Kier alpha value is -2.38. The first kappa shape index (κ1) is 21.9. The maximum Gasteiger partial charge on any atom is 0.242 e. The smallest absolute Gasteiger partial charge is 0.242 e. The van der Waals surface area contributed by atoms with Gasteiger partial charge in [-0.05, 0) is 42.7 Å². The summed E-state index contributed by atoms with van der Waals surface area (Å²) >= 11 is 0. The van der Waals surface area contributed by atoms with Crippen molar-refractivity contribution in [2.45, 2.75) is 37.1 Å². The number of nitrogens with zero attached hydrogens (tertiary/aromatic N) is 1. The van der Waals surface area contributed by atoms with Gasteiger partial charge in [0.25, 0.3) is 0 Å². The van der Waals surface area contributed by atoms with E-state index in [1.54, 1.807) is 37.4 Å². The summed E-state index contributed by atoms with van der Waals surface area (Å²) in [4.78, 5) is 12.6. The lowest BCUT2D eigenvalue weighted by atomic mass is 10.0. The molecule has 0 bridgehead atoms. The highest BCUT2D eigenvalue weighted by atomic mass is 32.2. The van der Waals surface area contributed by atoms with Gasteiger partial charge in [0.15, 0.2) is 0 Å². The van der Waals surface area contributed by atoms with Gasteiger partial charge >= 0.3 is 0 Å². The third kappa shape index (κ3) is 5.81. The number of nitrogens with one attached hydrogen (secondary N) is 1. The van der Waals surface area contributed by atoms with Crippen molar-refractivity contribution < 1.29 is 17.9 Å². The zero-order valence-electron chi connectivity index (χ0n) is 16.6. The Bertz CT molecular complexity index is 852. The van der Waals surface area contributed by atoms with Gasteiger partial charge in [0, 0.05) is 20.0 Å². The van der Waals surface area contributed by atoms with Gasteiger partial charge in [0.2, 0.25) is 15.9 Å². The topological polar surface area (TPSA) is 75.7 Å². The summed E-state index contributed by atoms with van der Waals surface area (Å²) in [6.07, 6.45) is 1.48. The molecule has 0 aliphatic rings. The molecule has 0 aliphatic carbocycles. The van der Waals surface area contributed by atoms with Crippen molar-refractivity contribution in [3.63, 3.8) is 0 Å². The molecule has 7 heteroatoms. The second-order valence-corrected chi connectivity index (χ2v) is 8.59. The summed E-state index contributed by atoms with van der Waals surface area (Å²) in [5.41, 5.74) is 1.01. The fourth-order valence-electron chi connectivity index (χ4n) is 2.88. The molecule has 0 saturated carbocycles. The SMILES string of the molecule is CCC(NC(=O)CCCN(C)S(=O)(=O)c1ccccc1)c1ccc(OC)cc1. The highest BCUT2D eigenvalue weighted by molar-refractivity contribution is 7.89. The molecule has 1 amide bonds. The van der Waals surface area contributed by atoms with Gasteiger partial charge in [-0.3, -0.25) is 4.79 Å². The van der Waals surface area contributed by atoms with Gasteiger partial charge in [-0.25, -0.2) is 12.7 Å². The van der Waals surface area contributed by atoms with Crippen LogP contribution in [0.15, 0.2) is 59.5 Å². The number of ether oxygens (including phenoxy) is 1. The average molecular weight is 405 g/mol. The van der Waals surface area contributed by atoms with Crippen LogP contribution < -0.4 is 10.1 Å². The zero-order valence-corrected chi connectivity index (χ0v) is 17.4. The predicted octanol–water partition coefficient (Wildman–Crippen LogP) is 3.36. The Balaban J connectivity index is 1.85. The Labute approximate surface area is 167 Å².